The van der Waals surface area contributed by atoms with Crippen molar-refractivity contribution in [3.05, 3.63) is 57.8 Å². The molecule has 1 heterocycles. The van der Waals surface area contributed by atoms with Crippen LogP contribution in [0.1, 0.15) is 55.9 Å². The molecule has 0 saturated heterocycles. The lowest BCUT2D eigenvalue weighted by Gasteiger charge is -2.13. The van der Waals surface area contributed by atoms with Crippen molar-refractivity contribution in [2.24, 2.45) is 0 Å². The number of benzene rings is 1. The van der Waals surface area contributed by atoms with E-state index in [0.29, 0.717) is 22.2 Å². The Bertz CT molecular complexity index is 660. The van der Waals surface area contributed by atoms with Crippen LogP contribution < -0.4 is 5.73 Å². The summed E-state index contributed by atoms with van der Waals surface area (Å²) < 4.78 is 5.66. The molecule has 0 spiro atoms. The van der Waals surface area contributed by atoms with Crippen LogP contribution in [0.2, 0.25) is 10.0 Å². The van der Waals surface area contributed by atoms with E-state index >= 15 is 0 Å². The Morgan fingerprint density at radius 1 is 1.00 bits per heavy atom. The second-order valence-corrected chi connectivity index (χ2v) is 7.47. The van der Waals surface area contributed by atoms with Crippen LogP contribution in [0.3, 0.4) is 0 Å². The summed E-state index contributed by atoms with van der Waals surface area (Å²) in [5.74, 6) is 0. The maximum Gasteiger partial charge on any atom is 0.0791 e. The monoisotopic (exact) mass is 410 g/mol. The van der Waals surface area contributed by atoms with E-state index in [9.17, 15) is 5.11 Å². The van der Waals surface area contributed by atoms with Crippen LogP contribution in [-0.4, -0.2) is 23.3 Å². The molecule has 0 aliphatic heterocycles. The van der Waals surface area contributed by atoms with Crippen molar-refractivity contribution in [3.63, 3.8) is 0 Å². The number of aromatic nitrogens is 1. The van der Waals surface area contributed by atoms with Crippen LogP contribution in [0.5, 0.6) is 0 Å². The number of nitrogen functional groups attached to an aromatic ring is 1. The number of nitrogens with zero attached hydrogens (tertiary/aromatic N) is 1. The topological polar surface area (TPSA) is 68.4 Å². The van der Waals surface area contributed by atoms with Crippen LogP contribution in [0, 0.1) is 0 Å². The lowest BCUT2D eigenvalue weighted by Crippen LogP contribution is -2.01. The van der Waals surface area contributed by atoms with E-state index in [-0.39, 0.29) is 0 Å². The minimum absolute atomic E-state index is 0.358. The van der Waals surface area contributed by atoms with Gasteiger partial charge in [0.2, 0.25) is 0 Å². The summed E-state index contributed by atoms with van der Waals surface area (Å²) in [4.78, 5) is 4.28. The first-order chi connectivity index (χ1) is 13.1. The largest absolute Gasteiger partial charge is 0.396 e. The predicted molar refractivity (Wildman–Crippen MR) is 112 cm³/mol. The maximum atomic E-state index is 10.3. The highest BCUT2D eigenvalue weighted by Gasteiger charge is 2.12. The van der Waals surface area contributed by atoms with Crippen molar-refractivity contribution in [1.29, 1.82) is 0 Å². The SMILES string of the molecule is Nc1c(Cl)cc(C(O)CCCCCCCOCCc2ccccn2)cc1Cl. The maximum absolute atomic E-state index is 10.3. The average Bonchev–Trinajstić information content (AvgIpc) is 2.67. The van der Waals surface area contributed by atoms with E-state index in [4.69, 9.17) is 33.7 Å². The summed E-state index contributed by atoms with van der Waals surface area (Å²) >= 11 is 12.0. The first-order valence-corrected chi connectivity index (χ1v) is 10.2. The second-order valence-electron chi connectivity index (χ2n) is 6.65. The van der Waals surface area contributed by atoms with Crippen molar-refractivity contribution in [3.8, 4) is 0 Å². The molecule has 0 saturated carbocycles. The fourth-order valence-corrected chi connectivity index (χ4v) is 3.36. The number of nitrogens with two attached hydrogens (primary N) is 1. The van der Waals surface area contributed by atoms with Crippen LogP contribution in [0.25, 0.3) is 0 Å². The van der Waals surface area contributed by atoms with Gasteiger partial charge in [-0.3, -0.25) is 4.98 Å². The van der Waals surface area contributed by atoms with E-state index in [1.54, 1.807) is 12.1 Å². The van der Waals surface area contributed by atoms with Crippen LogP contribution in [0.15, 0.2) is 36.5 Å². The summed E-state index contributed by atoms with van der Waals surface area (Å²) in [7, 11) is 0. The van der Waals surface area contributed by atoms with E-state index in [2.05, 4.69) is 4.98 Å². The van der Waals surface area contributed by atoms with Gasteiger partial charge < -0.3 is 15.6 Å². The normalized spacial score (nSPS) is 12.3. The molecule has 2 aromatic rings. The Hall–Kier alpha value is -1.33. The minimum Gasteiger partial charge on any atom is -0.396 e. The molecule has 4 nitrogen and oxygen atoms in total. The number of anilines is 1. The number of hydrogen-bond donors (Lipinski definition) is 2. The standard InChI is InChI=1S/C21H28Cl2N2O2/c22-18-14-16(15-19(23)21(18)24)20(26)9-4-2-1-3-7-12-27-13-10-17-8-5-6-11-25-17/h5-6,8,11,14-15,20,26H,1-4,7,9-10,12-13,24H2. The van der Waals surface area contributed by atoms with Crippen molar-refractivity contribution < 1.29 is 9.84 Å². The lowest BCUT2D eigenvalue weighted by molar-refractivity contribution is 0.132. The highest BCUT2D eigenvalue weighted by molar-refractivity contribution is 6.38. The Morgan fingerprint density at radius 2 is 1.70 bits per heavy atom. The number of aliphatic hydroxyl groups excluding tert-OH is 1. The van der Waals surface area contributed by atoms with Crippen molar-refractivity contribution in [2.75, 3.05) is 18.9 Å². The molecule has 0 aliphatic rings. The molecule has 148 valence electrons. The molecule has 1 unspecified atom stereocenters. The number of hydrogen-bond acceptors (Lipinski definition) is 4. The zero-order chi connectivity index (χ0) is 19.5. The molecule has 1 aromatic carbocycles. The molecule has 2 rings (SSSR count). The third-order valence-corrected chi connectivity index (χ3v) is 5.11. The molecule has 0 bridgehead atoms. The van der Waals surface area contributed by atoms with Crippen molar-refractivity contribution >= 4 is 28.9 Å². The molecule has 3 N–H and O–H groups in total. The van der Waals surface area contributed by atoms with Gasteiger partial charge in [0.1, 0.15) is 0 Å². The van der Waals surface area contributed by atoms with E-state index < -0.39 is 6.10 Å². The molecular formula is C21H28Cl2N2O2. The van der Waals surface area contributed by atoms with Gasteiger partial charge in [0, 0.05) is 24.9 Å². The van der Waals surface area contributed by atoms with E-state index in [1.165, 1.54) is 0 Å². The minimum atomic E-state index is -0.560. The fourth-order valence-electron chi connectivity index (χ4n) is 2.86. The van der Waals surface area contributed by atoms with Gasteiger partial charge in [0.05, 0.1) is 28.4 Å². The quantitative estimate of drug-likeness (QED) is 0.352. The summed E-state index contributed by atoms with van der Waals surface area (Å²) in [5.41, 5.74) is 7.87. The molecule has 0 aliphatic carbocycles. The molecule has 6 heteroatoms. The number of halogens is 2. The number of pyridine rings is 1. The molecule has 0 fully saturated rings. The third-order valence-electron chi connectivity index (χ3n) is 4.48. The first kappa shape index (κ1) is 22.0. The first-order valence-electron chi connectivity index (χ1n) is 9.48. The highest BCUT2D eigenvalue weighted by Crippen LogP contribution is 2.32. The van der Waals surface area contributed by atoms with Crippen LogP contribution in [0.4, 0.5) is 5.69 Å². The Balaban J connectivity index is 1.48. The van der Waals surface area contributed by atoms with Gasteiger partial charge in [-0.25, -0.2) is 0 Å². The van der Waals surface area contributed by atoms with Gasteiger partial charge >= 0.3 is 0 Å². The average molecular weight is 411 g/mol. The summed E-state index contributed by atoms with van der Waals surface area (Å²) in [5, 5.41) is 11.0. The molecular weight excluding hydrogens is 383 g/mol. The third kappa shape index (κ3) is 8.06. The Morgan fingerprint density at radius 3 is 2.41 bits per heavy atom. The Labute approximate surface area is 171 Å². The van der Waals surface area contributed by atoms with Crippen molar-refractivity contribution in [2.45, 2.75) is 51.0 Å². The van der Waals surface area contributed by atoms with Crippen LogP contribution in [-0.2, 0) is 11.2 Å². The highest BCUT2D eigenvalue weighted by atomic mass is 35.5. The van der Waals surface area contributed by atoms with Gasteiger partial charge in [-0.05, 0) is 42.7 Å². The number of ether oxygens (including phenoxy) is 1. The molecule has 0 amide bonds. The second kappa shape index (κ2) is 12.2. The lowest BCUT2D eigenvalue weighted by atomic mass is 10.0. The zero-order valence-corrected chi connectivity index (χ0v) is 17.1. The predicted octanol–water partition coefficient (Wildman–Crippen LogP) is 5.60. The molecule has 0 radical (unpaired) electrons. The van der Waals surface area contributed by atoms with Crippen LogP contribution >= 0.6 is 23.2 Å². The van der Waals surface area contributed by atoms with Gasteiger partial charge in [-0.2, -0.15) is 0 Å². The van der Waals surface area contributed by atoms with Gasteiger partial charge in [-0.1, -0.05) is 55.0 Å². The van der Waals surface area contributed by atoms with Gasteiger partial charge in [0.15, 0.2) is 0 Å². The molecule has 1 aromatic heterocycles. The number of aliphatic hydroxyl groups is 1. The smallest absolute Gasteiger partial charge is 0.0791 e. The van der Waals surface area contributed by atoms with E-state index in [0.717, 1.165) is 63.0 Å². The summed E-state index contributed by atoms with van der Waals surface area (Å²) in [6, 6.07) is 9.31. The van der Waals surface area contributed by atoms with Gasteiger partial charge in [-0.15, -0.1) is 0 Å². The zero-order valence-electron chi connectivity index (χ0n) is 15.5. The van der Waals surface area contributed by atoms with Crippen molar-refractivity contribution in [1.82, 2.24) is 4.98 Å². The fraction of sp³-hybridized carbons (Fsp3) is 0.476. The molecule has 1 atom stereocenters. The number of rotatable bonds is 12. The van der Waals surface area contributed by atoms with E-state index in [1.807, 2.05) is 24.4 Å². The summed E-state index contributed by atoms with van der Waals surface area (Å²) in [6.45, 7) is 1.51. The summed E-state index contributed by atoms with van der Waals surface area (Å²) in [6.07, 6.45) is 8.18. The number of unbranched alkanes of at least 4 members (excludes halogenated alkanes) is 4. The van der Waals surface area contributed by atoms with Gasteiger partial charge in [0.25, 0.3) is 0 Å². The Kier molecular flexibility index (Phi) is 9.92. The molecule has 27 heavy (non-hydrogen) atoms.